The van der Waals surface area contributed by atoms with E-state index in [1.165, 1.54) is 7.11 Å². The monoisotopic (exact) mass is 166 g/mol. The molecule has 0 bridgehead atoms. The van der Waals surface area contributed by atoms with Crippen LogP contribution in [-0.2, 0) is 25.1 Å². The first-order valence-corrected chi connectivity index (χ1v) is 3.17. The molecular weight excluding hydrogens is 160 g/mol. The van der Waals surface area contributed by atoms with Crippen molar-refractivity contribution in [3.05, 3.63) is 12.3 Å². The van der Waals surface area contributed by atoms with Gasteiger partial charge in [0.05, 0.1) is 7.11 Å². The van der Waals surface area contributed by atoms with Crippen molar-refractivity contribution in [2.75, 3.05) is 7.11 Å². The zero-order chi connectivity index (χ0) is 8.15. The smallest absolute Gasteiger partial charge is 0.388 e. The van der Waals surface area contributed by atoms with E-state index in [4.69, 9.17) is 4.55 Å². The van der Waals surface area contributed by atoms with Gasteiger partial charge < -0.3 is 8.92 Å². The lowest BCUT2D eigenvalue weighted by Gasteiger charge is -1.99. The molecule has 6 heteroatoms. The van der Waals surface area contributed by atoms with Crippen LogP contribution in [0.2, 0.25) is 0 Å². The molecule has 58 valence electrons. The van der Waals surface area contributed by atoms with Crippen LogP contribution in [0.5, 0.6) is 0 Å². The molecule has 0 aliphatic rings. The summed E-state index contributed by atoms with van der Waals surface area (Å²) in [6.45, 7) is 3.08. The summed E-state index contributed by atoms with van der Waals surface area (Å²) in [4.78, 5) is 10.4. The molecule has 0 aliphatic carbocycles. The molecule has 0 aromatic rings. The van der Waals surface area contributed by atoms with Crippen LogP contribution in [0.1, 0.15) is 0 Å². The maximum Gasteiger partial charge on any atom is 0.388 e. The lowest BCUT2D eigenvalue weighted by Crippen LogP contribution is -2.09. The first-order valence-electron chi connectivity index (χ1n) is 2.14. The van der Waals surface area contributed by atoms with Crippen LogP contribution in [0, 0.1) is 0 Å². The molecule has 0 aliphatic heterocycles. The third-order valence-electron chi connectivity index (χ3n) is 0.621. The van der Waals surface area contributed by atoms with Gasteiger partial charge in [0.2, 0.25) is 0 Å². The van der Waals surface area contributed by atoms with Crippen molar-refractivity contribution in [2.45, 2.75) is 0 Å². The molecule has 0 saturated carbocycles. The number of carbonyl (C=O) groups is 1. The lowest BCUT2D eigenvalue weighted by atomic mass is 10.6. The van der Waals surface area contributed by atoms with Crippen LogP contribution in [0.4, 0.5) is 0 Å². The molecule has 0 fully saturated rings. The van der Waals surface area contributed by atoms with Crippen molar-refractivity contribution >= 4 is 17.3 Å². The Kier molecular flexibility index (Phi) is 3.67. The summed E-state index contributed by atoms with van der Waals surface area (Å²) in [6.07, 6.45) is 0. The normalized spacial score (nSPS) is 11.8. The third kappa shape index (κ3) is 3.21. The average Bonchev–Trinajstić information content (AvgIpc) is 1.85. The van der Waals surface area contributed by atoms with Crippen molar-refractivity contribution < 1.29 is 22.5 Å². The van der Waals surface area contributed by atoms with Crippen LogP contribution in [0.3, 0.4) is 0 Å². The highest BCUT2D eigenvalue weighted by molar-refractivity contribution is 7.74. The van der Waals surface area contributed by atoms with Gasteiger partial charge in [0.15, 0.2) is 5.76 Å². The quantitative estimate of drug-likeness (QED) is 0.358. The number of hydrogen-bond acceptors (Lipinski definition) is 4. The van der Waals surface area contributed by atoms with Crippen molar-refractivity contribution in [3.8, 4) is 0 Å². The predicted molar refractivity (Wildman–Crippen MR) is 33.0 cm³/mol. The Morgan fingerprint density at radius 1 is 1.70 bits per heavy atom. The van der Waals surface area contributed by atoms with Crippen LogP contribution < -0.4 is 0 Å². The third-order valence-corrected chi connectivity index (χ3v) is 0.915. The maximum atomic E-state index is 10.4. The zero-order valence-electron chi connectivity index (χ0n) is 5.20. The zero-order valence-corrected chi connectivity index (χ0v) is 6.01. The average molecular weight is 166 g/mol. The first kappa shape index (κ1) is 9.12. The highest BCUT2D eigenvalue weighted by atomic mass is 32.2. The second kappa shape index (κ2) is 4.02. The molecule has 1 unspecified atom stereocenters. The molecule has 0 radical (unpaired) electrons. The SMILES string of the molecule is C=C(OC)C(=O)OS(=O)O. The topological polar surface area (TPSA) is 72.8 Å². The van der Waals surface area contributed by atoms with Crippen LogP contribution in [0.25, 0.3) is 0 Å². The van der Waals surface area contributed by atoms with E-state index >= 15 is 0 Å². The molecule has 1 N–H and O–H groups in total. The van der Waals surface area contributed by atoms with Gasteiger partial charge in [-0.1, -0.05) is 0 Å². The van der Waals surface area contributed by atoms with Gasteiger partial charge >= 0.3 is 17.3 Å². The number of rotatable bonds is 3. The van der Waals surface area contributed by atoms with Gasteiger partial charge in [-0.05, 0) is 6.58 Å². The molecule has 0 amide bonds. The van der Waals surface area contributed by atoms with Gasteiger partial charge in [-0.25, -0.2) is 4.79 Å². The number of hydrogen-bond donors (Lipinski definition) is 1. The van der Waals surface area contributed by atoms with Crippen molar-refractivity contribution in [1.82, 2.24) is 0 Å². The minimum atomic E-state index is -2.61. The van der Waals surface area contributed by atoms with E-state index in [2.05, 4.69) is 15.5 Å². The van der Waals surface area contributed by atoms with E-state index in [1.54, 1.807) is 0 Å². The largest absolute Gasteiger partial charge is 0.490 e. The van der Waals surface area contributed by atoms with Crippen LogP contribution >= 0.6 is 0 Å². The highest BCUT2D eigenvalue weighted by Gasteiger charge is 2.10. The molecule has 1 atom stereocenters. The maximum absolute atomic E-state index is 10.4. The summed E-state index contributed by atoms with van der Waals surface area (Å²) in [6, 6.07) is 0. The van der Waals surface area contributed by atoms with E-state index < -0.39 is 17.3 Å². The molecular formula is C4H6O5S. The second-order valence-corrected chi connectivity index (χ2v) is 1.82. The van der Waals surface area contributed by atoms with Crippen LogP contribution in [-0.4, -0.2) is 21.8 Å². The Bertz CT molecular complexity index is 174. The van der Waals surface area contributed by atoms with Crippen molar-refractivity contribution in [2.24, 2.45) is 0 Å². The molecule has 5 nitrogen and oxygen atoms in total. The number of carbonyl (C=O) groups excluding carboxylic acids is 1. The summed E-state index contributed by atoms with van der Waals surface area (Å²) in [5.41, 5.74) is 0. The Morgan fingerprint density at radius 3 is 2.50 bits per heavy atom. The Hall–Kier alpha value is -0.880. The number of methoxy groups -OCH3 is 1. The standard InChI is InChI=1S/C4H6O5S/c1-3(8-2)4(5)9-10(6)7/h1H2,2H3,(H,6,7). The summed E-state index contributed by atoms with van der Waals surface area (Å²) in [5.74, 6) is -1.37. The first-order chi connectivity index (χ1) is 4.57. The van der Waals surface area contributed by atoms with E-state index in [1.807, 2.05) is 0 Å². The minimum Gasteiger partial charge on any atom is -0.490 e. The summed E-state index contributed by atoms with van der Waals surface area (Å²) in [5, 5.41) is 0. The van der Waals surface area contributed by atoms with Gasteiger partial charge in [-0.3, -0.25) is 4.55 Å². The minimum absolute atomic E-state index is 0.317. The van der Waals surface area contributed by atoms with Gasteiger partial charge in [0.25, 0.3) is 0 Å². The Balaban J connectivity index is 3.86. The fraction of sp³-hybridized carbons (Fsp3) is 0.250. The van der Waals surface area contributed by atoms with E-state index in [0.717, 1.165) is 0 Å². The fourth-order valence-electron chi connectivity index (χ4n) is 0.195. The van der Waals surface area contributed by atoms with Crippen LogP contribution in [0.15, 0.2) is 12.3 Å². The highest BCUT2D eigenvalue weighted by Crippen LogP contribution is 1.95. The molecule has 0 spiro atoms. The summed E-state index contributed by atoms with van der Waals surface area (Å²) < 4.78 is 25.9. The summed E-state index contributed by atoms with van der Waals surface area (Å²) in [7, 11) is 1.20. The van der Waals surface area contributed by atoms with Crippen molar-refractivity contribution in [1.29, 1.82) is 0 Å². The molecule has 10 heavy (non-hydrogen) atoms. The van der Waals surface area contributed by atoms with Gasteiger partial charge in [-0.2, -0.15) is 4.21 Å². The van der Waals surface area contributed by atoms with Crippen molar-refractivity contribution in [3.63, 3.8) is 0 Å². The van der Waals surface area contributed by atoms with E-state index in [9.17, 15) is 9.00 Å². The lowest BCUT2D eigenvalue weighted by molar-refractivity contribution is -0.132. The second-order valence-electron chi connectivity index (χ2n) is 1.22. The molecule has 0 rings (SSSR count). The Morgan fingerprint density at radius 2 is 2.20 bits per heavy atom. The van der Waals surface area contributed by atoms with Gasteiger partial charge in [0, 0.05) is 0 Å². The summed E-state index contributed by atoms with van der Waals surface area (Å²) >= 11 is -2.61. The molecule has 0 saturated heterocycles. The number of ether oxygens (including phenoxy) is 1. The van der Waals surface area contributed by atoms with E-state index in [-0.39, 0.29) is 5.76 Å². The fourth-order valence-corrected chi connectivity index (χ4v) is 0.417. The Labute approximate surface area is 60.1 Å². The van der Waals surface area contributed by atoms with E-state index in [0.29, 0.717) is 0 Å². The van der Waals surface area contributed by atoms with Gasteiger partial charge in [-0.15, -0.1) is 0 Å². The van der Waals surface area contributed by atoms with Gasteiger partial charge in [0.1, 0.15) is 0 Å². The molecule has 0 heterocycles. The molecule has 0 aromatic carbocycles. The molecule has 0 aromatic heterocycles. The predicted octanol–water partition coefficient (Wildman–Crippen LogP) is -0.174.